The van der Waals surface area contributed by atoms with E-state index >= 15 is 4.39 Å². The minimum atomic E-state index is -5.22. The summed E-state index contributed by atoms with van der Waals surface area (Å²) in [5, 5.41) is 0.537. The molecule has 0 N–H and O–H groups in total. The second-order valence-electron chi connectivity index (χ2n) is 16.8. The van der Waals surface area contributed by atoms with Crippen LogP contribution in [-0.4, -0.2) is 19.5 Å². The van der Waals surface area contributed by atoms with E-state index < -0.39 is 69.7 Å². The maximum Gasteiger partial charge on any atom is 0.416 e. The number of hydrogen-bond acceptors (Lipinski definition) is 3. The number of benzene rings is 8. The average Bonchev–Trinajstić information content (AvgIpc) is 3.69. The SMILES string of the molecule is Fc1cccc(-c2ccc(-n3c4cc(-c5cc(C(F)(F)F)cc(C(F)(F)F)c5)ccc4c4ccc(-c5cc(C(F)(F)F)cc(C(F)(F)F)c5)cc43)c(-c3nc(-c4ccccc4)nc(-c4ccccc4)n3)c2)c1F. The van der Waals surface area contributed by atoms with Gasteiger partial charge in [-0.05, 0) is 94.5 Å². The molecule has 8 aromatic carbocycles. The molecule has 0 aliphatic rings. The van der Waals surface area contributed by atoms with Crippen molar-refractivity contribution in [2.75, 3.05) is 0 Å². The minimum absolute atomic E-state index is 0.0318. The standard InChI is InChI=1S/C55H28F14N4/c56-44-13-7-12-40(48(44)57)33-16-19-45(43(24-33)51-71-49(29-8-3-1-4-9-29)70-50(72-51)30-10-5-2-6-11-30)73-46-25-31(34-20-36(52(58,59)60)27-37(21-34)53(61,62)63)14-17-41(46)42-18-15-32(26-47(42)73)35-22-38(54(64,65)66)28-39(23-35)55(67,68)69/h1-28H. The van der Waals surface area contributed by atoms with Crippen molar-refractivity contribution in [1.29, 1.82) is 0 Å². The highest BCUT2D eigenvalue weighted by Crippen LogP contribution is 2.45. The zero-order chi connectivity index (χ0) is 51.8. The molecule has 0 fully saturated rings. The number of fused-ring (bicyclic) bond motifs is 3. The monoisotopic (exact) mass is 1010 g/mol. The molecule has 0 spiro atoms. The van der Waals surface area contributed by atoms with Crippen LogP contribution in [-0.2, 0) is 24.7 Å². The maximum absolute atomic E-state index is 15.7. The minimum Gasteiger partial charge on any atom is -0.308 e. The summed E-state index contributed by atoms with van der Waals surface area (Å²) in [5.74, 6) is -2.30. The van der Waals surface area contributed by atoms with Crippen LogP contribution in [0.15, 0.2) is 170 Å². The van der Waals surface area contributed by atoms with Crippen molar-refractivity contribution >= 4 is 21.8 Å². The van der Waals surface area contributed by atoms with Gasteiger partial charge < -0.3 is 4.57 Å². The van der Waals surface area contributed by atoms with Crippen molar-refractivity contribution < 1.29 is 61.5 Å². The summed E-state index contributed by atoms with van der Waals surface area (Å²) in [6.07, 6.45) is -20.9. The molecule has 366 valence electrons. The fourth-order valence-corrected chi connectivity index (χ4v) is 8.61. The van der Waals surface area contributed by atoms with Crippen molar-refractivity contribution in [2.45, 2.75) is 24.7 Å². The zero-order valence-electron chi connectivity index (χ0n) is 36.7. The first-order valence-electron chi connectivity index (χ1n) is 21.7. The lowest BCUT2D eigenvalue weighted by molar-refractivity contribution is -0.144. The third kappa shape index (κ3) is 9.35. The van der Waals surface area contributed by atoms with Crippen molar-refractivity contribution in [3.05, 3.63) is 204 Å². The van der Waals surface area contributed by atoms with Crippen LogP contribution in [0.3, 0.4) is 0 Å². The van der Waals surface area contributed by atoms with Gasteiger partial charge in [-0.25, -0.2) is 23.7 Å². The van der Waals surface area contributed by atoms with Crippen LogP contribution in [0, 0.1) is 11.6 Å². The third-order valence-corrected chi connectivity index (χ3v) is 12.0. The molecular weight excluding hydrogens is 983 g/mol. The van der Waals surface area contributed by atoms with Gasteiger partial charge in [0.1, 0.15) is 0 Å². The second kappa shape index (κ2) is 17.7. The Hall–Kier alpha value is -8.41. The summed E-state index contributed by atoms with van der Waals surface area (Å²) in [7, 11) is 0. The maximum atomic E-state index is 15.7. The lowest BCUT2D eigenvalue weighted by Gasteiger charge is -2.18. The molecule has 0 saturated carbocycles. The van der Waals surface area contributed by atoms with E-state index in [0.717, 1.165) is 6.07 Å². The Bertz CT molecular complexity index is 3510. The van der Waals surface area contributed by atoms with E-state index in [1.807, 2.05) is 0 Å². The largest absolute Gasteiger partial charge is 0.416 e. The molecule has 0 saturated heterocycles. The molecule has 2 heterocycles. The third-order valence-electron chi connectivity index (χ3n) is 12.0. The number of aromatic nitrogens is 4. The molecule has 0 aliphatic carbocycles. The fourth-order valence-electron chi connectivity index (χ4n) is 8.61. The van der Waals surface area contributed by atoms with Gasteiger partial charge in [-0.15, -0.1) is 0 Å². The number of alkyl halides is 12. The molecule has 0 bridgehead atoms. The number of halogens is 14. The Kier molecular flexibility index (Phi) is 11.7. The zero-order valence-corrected chi connectivity index (χ0v) is 36.7. The smallest absolute Gasteiger partial charge is 0.308 e. The molecule has 2 aromatic heterocycles. The highest BCUT2D eigenvalue weighted by Gasteiger charge is 2.39. The number of rotatable bonds is 7. The Balaban J connectivity index is 1.33. The van der Waals surface area contributed by atoms with Crippen LogP contribution in [0.5, 0.6) is 0 Å². The van der Waals surface area contributed by atoms with Gasteiger partial charge in [0, 0.05) is 33.0 Å². The molecule has 0 amide bonds. The molecular formula is C55H28F14N4. The molecule has 10 aromatic rings. The van der Waals surface area contributed by atoms with Gasteiger partial charge in [0.15, 0.2) is 29.1 Å². The molecule has 0 unspecified atom stereocenters. The van der Waals surface area contributed by atoms with E-state index in [0.29, 0.717) is 35.4 Å². The molecule has 18 heteroatoms. The summed E-state index contributed by atoms with van der Waals surface area (Å²) < 4.78 is 203. The number of hydrogen-bond donors (Lipinski definition) is 0. The Morgan fingerprint density at radius 2 is 0.726 bits per heavy atom. The van der Waals surface area contributed by atoms with E-state index in [1.54, 1.807) is 60.7 Å². The molecule has 0 atom stereocenters. The first-order chi connectivity index (χ1) is 34.5. The number of nitrogens with zero attached hydrogens (tertiary/aromatic N) is 4. The van der Waals surface area contributed by atoms with Crippen LogP contribution < -0.4 is 0 Å². The fraction of sp³-hybridized carbons (Fsp3) is 0.0727. The first kappa shape index (κ1) is 48.2. The highest BCUT2D eigenvalue weighted by atomic mass is 19.4. The van der Waals surface area contributed by atoms with E-state index in [4.69, 9.17) is 15.0 Å². The average molecular weight is 1010 g/mol. The summed E-state index contributed by atoms with van der Waals surface area (Å²) >= 11 is 0. The first-order valence-corrected chi connectivity index (χ1v) is 21.7. The van der Waals surface area contributed by atoms with Crippen LogP contribution >= 0.6 is 0 Å². The predicted molar refractivity (Wildman–Crippen MR) is 247 cm³/mol. The summed E-state index contributed by atoms with van der Waals surface area (Å²) in [6.45, 7) is 0. The Labute approximate surface area is 403 Å². The normalized spacial score (nSPS) is 12.5. The van der Waals surface area contributed by atoms with Gasteiger partial charge in [0.05, 0.1) is 39.0 Å². The highest BCUT2D eigenvalue weighted by molar-refractivity contribution is 6.11. The topological polar surface area (TPSA) is 43.6 Å². The van der Waals surface area contributed by atoms with Gasteiger partial charge in [-0.2, -0.15) is 52.7 Å². The molecule has 0 aliphatic heterocycles. The van der Waals surface area contributed by atoms with Gasteiger partial charge in [0.2, 0.25) is 0 Å². The predicted octanol–water partition coefficient (Wildman–Crippen LogP) is 17.3. The Morgan fingerprint density at radius 1 is 0.315 bits per heavy atom. The summed E-state index contributed by atoms with van der Waals surface area (Å²) in [6, 6.07) is 34.8. The van der Waals surface area contributed by atoms with Gasteiger partial charge in [-0.3, -0.25) is 0 Å². The van der Waals surface area contributed by atoms with Crippen LogP contribution in [0.2, 0.25) is 0 Å². The van der Waals surface area contributed by atoms with E-state index in [2.05, 4.69) is 0 Å². The van der Waals surface area contributed by atoms with Crippen molar-refractivity contribution in [2.24, 2.45) is 0 Å². The quantitative estimate of drug-likeness (QED) is 0.149. The second-order valence-corrected chi connectivity index (χ2v) is 16.8. The summed E-state index contributed by atoms with van der Waals surface area (Å²) in [4.78, 5) is 14.4. The van der Waals surface area contributed by atoms with Crippen molar-refractivity contribution in [3.8, 4) is 73.2 Å². The van der Waals surface area contributed by atoms with Crippen LogP contribution in [0.25, 0.3) is 95.0 Å². The molecule has 73 heavy (non-hydrogen) atoms. The lowest BCUT2D eigenvalue weighted by atomic mass is 9.97. The van der Waals surface area contributed by atoms with E-state index in [1.165, 1.54) is 71.3 Å². The summed E-state index contributed by atoms with van der Waals surface area (Å²) in [5.41, 5.74) is -6.76. The van der Waals surface area contributed by atoms with Gasteiger partial charge in [0.25, 0.3) is 0 Å². The van der Waals surface area contributed by atoms with Crippen LogP contribution in [0.1, 0.15) is 22.3 Å². The molecule has 10 rings (SSSR count). The van der Waals surface area contributed by atoms with Crippen molar-refractivity contribution in [1.82, 2.24) is 19.5 Å². The van der Waals surface area contributed by atoms with E-state index in [9.17, 15) is 57.1 Å². The molecule has 0 radical (unpaired) electrons. The Morgan fingerprint density at radius 3 is 1.15 bits per heavy atom. The molecule has 4 nitrogen and oxygen atoms in total. The van der Waals surface area contributed by atoms with Crippen molar-refractivity contribution in [3.63, 3.8) is 0 Å². The van der Waals surface area contributed by atoms with Gasteiger partial charge >= 0.3 is 24.7 Å². The van der Waals surface area contributed by atoms with Gasteiger partial charge in [-0.1, -0.05) is 103 Å². The van der Waals surface area contributed by atoms with Crippen LogP contribution in [0.4, 0.5) is 61.5 Å². The lowest BCUT2D eigenvalue weighted by Crippen LogP contribution is -2.11. The van der Waals surface area contributed by atoms with E-state index in [-0.39, 0.29) is 84.9 Å².